The molecule has 300 valence electrons. The Kier molecular flexibility index (Phi) is 18.5. The molecule has 0 aromatic heterocycles. The normalized spacial score (nSPS) is 21.3. The molecule has 2 aliphatic rings. The molecule has 1 heterocycles. The number of nitrogens with zero attached hydrogens (tertiary/aromatic N) is 4. The van der Waals surface area contributed by atoms with E-state index in [0.717, 1.165) is 25.7 Å². The second-order valence-electron chi connectivity index (χ2n) is 17.1. The van der Waals surface area contributed by atoms with Crippen molar-refractivity contribution in [3.8, 4) is 0 Å². The molecule has 14 nitrogen and oxygen atoms in total. The number of amides is 1. The quantitative estimate of drug-likeness (QED) is 0.231. The van der Waals surface area contributed by atoms with Crippen LogP contribution in [0.5, 0.6) is 0 Å². The average Bonchev–Trinajstić information content (AvgIpc) is 2.98. The van der Waals surface area contributed by atoms with Gasteiger partial charge in [-0.05, 0) is 101 Å². The zero-order valence-electron chi connectivity index (χ0n) is 33.8. The molecule has 0 radical (unpaired) electrons. The van der Waals surface area contributed by atoms with Gasteiger partial charge in [0.1, 0.15) is 16.8 Å². The van der Waals surface area contributed by atoms with Crippen molar-refractivity contribution in [3.63, 3.8) is 0 Å². The van der Waals surface area contributed by atoms with Crippen LogP contribution in [0.1, 0.15) is 94.9 Å². The first-order valence-electron chi connectivity index (χ1n) is 19.1. The van der Waals surface area contributed by atoms with Crippen LogP contribution in [0.2, 0.25) is 0 Å². The fourth-order valence-corrected chi connectivity index (χ4v) is 6.26. The van der Waals surface area contributed by atoms with Crippen molar-refractivity contribution in [2.75, 3.05) is 91.7 Å². The summed E-state index contributed by atoms with van der Waals surface area (Å²) in [7, 11) is 0. The van der Waals surface area contributed by atoms with Gasteiger partial charge in [0, 0.05) is 58.9 Å². The van der Waals surface area contributed by atoms with Crippen LogP contribution in [-0.2, 0) is 42.9 Å². The summed E-state index contributed by atoms with van der Waals surface area (Å²) in [4.78, 5) is 72.3. The molecule has 2 rings (SSSR count). The minimum atomic E-state index is -0.633. The molecule has 1 N–H and O–H groups in total. The molecule has 0 bridgehead atoms. The third-order valence-electron chi connectivity index (χ3n) is 8.67. The van der Waals surface area contributed by atoms with Crippen molar-refractivity contribution in [2.24, 2.45) is 11.8 Å². The first-order chi connectivity index (χ1) is 24.1. The minimum Gasteiger partial charge on any atom is -0.466 e. The van der Waals surface area contributed by atoms with Gasteiger partial charge in [-0.25, -0.2) is 0 Å². The summed E-state index contributed by atoms with van der Waals surface area (Å²) in [6.07, 6.45) is 3.25. The smallest absolute Gasteiger partial charge is 0.320 e. The molecule has 2 fully saturated rings. The Morgan fingerprint density at radius 3 is 1.17 bits per heavy atom. The van der Waals surface area contributed by atoms with Crippen molar-refractivity contribution in [2.45, 2.75) is 112 Å². The van der Waals surface area contributed by atoms with E-state index in [1.165, 1.54) is 0 Å². The Morgan fingerprint density at radius 1 is 0.538 bits per heavy atom. The topological polar surface area (TPSA) is 147 Å². The number of carbonyl (C=O) groups excluding carboxylic acids is 5. The minimum absolute atomic E-state index is 0.0640. The van der Waals surface area contributed by atoms with E-state index >= 15 is 0 Å². The van der Waals surface area contributed by atoms with E-state index in [9.17, 15) is 24.0 Å². The van der Waals surface area contributed by atoms with E-state index in [1.54, 1.807) is 0 Å². The van der Waals surface area contributed by atoms with Crippen molar-refractivity contribution < 1.29 is 42.9 Å². The summed E-state index contributed by atoms with van der Waals surface area (Å²) in [5.74, 6) is -1.02. The van der Waals surface area contributed by atoms with E-state index in [-0.39, 0.29) is 61.9 Å². The van der Waals surface area contributed by atoms with Gasteiger partial charge in [-0.1, -0.05) is 0 Å². The molecule has 1 aliphatic heterocycles. The van der Waals surface area contributed by atoms with Gasteiger partial charge in [0.25, 0.3) is 0 Å². The fourth-order valence-electron chi connectivity index (χ4n) is 6.26. The number of ether oxygens (including phenoxy) is 4. The molecule has 1 saturated carbocycles. The van der Waals surface area contributed by atoms with Crippen LogP contribution in [0.25, 0.3) is 0 Å². The number of carbonyl (C=O) groups is 5. The lowest BCUT2D eigenvalue weighted by Crippen LogP contribution is -2.50. The zero-order valence-corrected chi connectivity index (χ0v) is 33.8. The molecule has 0 spiro atoms. The van der Waals surface area contributed by atoms with E-state index in [1.807, 2.05) is 83.9 Å². The number of esters is 4. The van der Waals surface area contributed by atoms with E-state index < -0.39 is 16.8 Å². The summed E-state index contributed by atoms with van der Waals surface area (Å²) in [5, 5.41) is 3.11. The first-order valence-corrected chi connectivity index (χ1v) is 19.1. The van der Waals surface area contributed by atoms with Crippen LogP contribution in [-0.4, -0.2) is 158 Å². The Balaban J connectivity index is 2.18. The van der Waals surface area contributed by atoms with Crippen LogP contribution in [0, 0.1) is 11.8 Å². The van der Waals surface area contributed by atoms with Crippen LogP contribution < -0.4 is 5.32 Å². The molecule has 0 aromatic carbocycles. The van der Waals surface area contributed by atoms with Crippen LogP contribution in [0.15, 0.2) is 0 Å². The molecular formula is C38H69N5O9. The molecule has 14 heteroatoms. The van der Waals surface area contributed by atoms with Gasteiger partial charge < -0.3 is 24.3 Å². The summed E-state index contributed by atoms with van der Waals surface area (Å²) in [6.45, 7) is 23.4. The predicted octanol–water partition coefficient (Wildman–Crippen LogP) is 2.72. The highest BCUT2D eigenvalue weighted by molar-refractivity contribution is 5.78. The lowest BCUT2D eigenvalue weighted by molar-refractivity contribution is -0.158. The van der Waals surface area contributed by atoms with Crippen molar-refractivity contribution in [1.29, 1.82) is 0 Å². The van der Waals surface area contributed by atoms with Crippen molar-refractivity contribution in [1.82, 2.24) is 24.9 Å². The molecule has 0 aromatic rings. The number of hydrogen-bond donors (Lipinski definition) is 1. The maximum Gasteiger partial charge on any atom is 0.320 e. The second-order valence-corrected chi connectivity index (χ2v) is 17.1. The van der Waals surface area contributed by atoms with Crippen molar-refractivity contribution >= 4 is 29.8 Å². The average molecular weight is 740 g/mol. The van der Waals surface area contributed by atoms with Crippen LogP contribution >= 0.6 is 0 Å². The Labute approximate surface area is 312 Å². The third-order valence-corrected chi connectivity index (χ3v) is 8.67. The third kappa shape index (κ3) is 20.4. The molecular weight excluding hydrogens is 670 g/mol. The van der Waals surface area contributed by atoms with E-state index in [2.05, 4.69) is 10.2 Å². The summed E-state index contributed by atoms with van der Waals surface area (Å²) in [6, 6.07) is 0. The molecule has 1 aliphatic carbocycles. The number of hydrogen-bond acceptors (Lipinski definition) is 13. The van der Waals surface area contributed by atoms with E-state index in [0.29, 0.717) is 71.4 Å². The van der Waals surface area contributed by atoms with E-state index in [4.69, 9.17) is 18.9 Å². The number of nitrogens with one attached hydrogen (secondary N) is 1. The van der Waals surface area contributed by atoms with Crippen LogP contribution in [0.4, 0.5) is 0 Å². The standard InChI is InChI=1S/C38H69N5O9/c1-11-49-35(48)30-14-12-29(13-15-30)24-39-31(44)25-40-16-18-41(26-32(45)50-36(2,3)4)20-22-43(28-34(47)52-38(8,9)10)23-21-42(19-17-40)27-33(46)51-37(5,6)7/h29-30H,11-28H2,1-10H3,(H,39,44). The monoisotopic (exact) mass is 740 g/mol. The molecule has 0 atom stereocenters. The molecule has 1 amide bonds. The van der Waals surface area contributed by atoms with Crippen molar-refractivity contribution in [3.05, 3.63) is 0 Å². The van der Waals surface area contributed by atoms with Gasteiger partial charge in [0.2, 0.25) is 5.91 Å². The van der Waals surface area contributed by atoms with Crippen LogP contribution in [0.3, 0.4) is 0 Å². The highest BCUT2D eigenvalue weighted by atomic mass is 16.6. The molecule has 0 unspecified atom stereocenters. The molecule has 1 saturated heterocycles. The number of rotatable bonds is 12. The van der Waals surface area contributed by atoms with Gasteiger partial charge in [0.15, 0.2) is 0 Å². The van der Waals surface area contributed by atoms with Gasteiger partial charge in [0.05, 0.1) is 38.7 Å². The maximum absolute atomic E-state index is 13.3. The molecule has 52 heavy (non-hydrogen) atoms. The highest BCUT2D eigenvalue weighted by Crippen LogP contribution is 2.29. The lowest BCUT2D eigenvalue weighted by Gasteiger charge is -2.34. The SMILES string of the molecule is CCOC(=O)C1CCC(CNC(=O)CN2CCN(CC(=O)OC(C)(C)C)CCN(CC(=O)OC(C)(C)C)CCN(CC(=O)OC(C)(C)C)CC2)CC1. The first kappa shape index (κ1) is 45.3. The summed E-state index contributed by atoms with van der Waals surface area (Å²) >= 11 is 0. The Hall–Kier alpha value is -2.81. The van der Waals surface area contributed by atoms with Gasteiger partial charge in [-0.2, -0.15) is 0 Å². The summed E-state index contributed by atoms with van der Waals surface area (Å²) < 4.78 is 22.1. The van der Waals surface area contributed by atoms with Gasteiger partial charge in [-0.3, -0.25) is 43.6 Å². The lowest BCUT2D eigenvalue weighted by atomic mass is 9.82. The largest absolute Gasteiger partial charge is 0.466 e. The Morgan fingerprint density at radius 2 is 0.865 bits per heavy atom. The summed E-state index contributed by atoms with van der Waals surface area (Å²) in [5.41, 5.74) is -1.90. The highest BCUT2D eigenvalue weighted by Gasteiger charge is 2.29. The maximum atomic E-state index is 13.3. The second kappa shape index (κ2) is 21.2. The van der Waals surface area contributed by atoms with Gasteiger partial charge in [-0.15, -0.1) is 0 Å². The zero-order chi connectivity index (χ0) is 39.1. The Bertz CT molecular complexity index is 1110. The van der Waals surface area contributed by atoms with Gasteiger partial charge >= 0.3 is 23.9 Å². The predicted molar refractivity (Wildman–Crippen MR) is 198 cm³/mol. The fraction of sp³-hybridized carbons (Fsp3) is 0.868.